The fraction of sp³-hybridized carbons (Fsp3) is 0.670. The van der Waals surface area contributed by atoms with Gasteiger partial charge < -0.3 is 28.5 Å². The van der Waals surface area contributed by atoms with Crippen LogP contribution in [-0.2, 0) is 33.3 Å². The largest absolute Gasteiger partial charge is 0.477 e. The van der Waals surface area contributed by atoms with Crippen LogP contribution in [0.25, 0.3) is 0 Å². The van der Waals surface area contributed by atoms with Crippen LogP contribution in [0.2, 0.25) is 0 Å². The smallest absolute Gasteiger partial charge is 0.361 e. The number of likely N-dealkylation sites (N-methyl/N-ethyl adjacent to an activating group) is 1. The fourth-order valence-corrected chi connectivity index (χ4v) is 10.8. The molecule has 97 heavy (non-hydrogen) atoms. The van der Waals surface area contributed by atoms with Crippen LogP contribution >= 0.6 is 0 Å². The minimum absolute atomic E-state index is 0.183. The van der Waals surface area contributed by atoms with E-state index in [2.05, 4.69) is 172 Å². The molecule has 0 aromatic rings. The molecule has 0 aliphatic carbocycles. The fourth-order valence-electron chi connectivity index (χ4n) is 10.8. The highest BCUT2D eigenvalue weighted by atomic mass is 16.7. The molecule has 0 bridgehead atoms. The number of hydrogen-bond acceptors (Lipinski definition) is 7. The molecular weight excluding hydrogens is 1200 g/mol. The number of rotatable bonds is 72. The van der Waals surface area contributed by atoms with E-state index in [1.54, 1.807) is 0 Å². The summed E-state index contributed by atoms with van der Waals surface area (Å²) in [5.74, 6) is -2.00. The monoisotopic (exact) mass is 1350 g/mol. The van der Waals surface area contributed by atoms with Crippen LogP contribution in [-0.4, -0.2) is 87.4 Å². The highest BCUT2D eigenvalue weighted by Gasteiger charge is 2.25. The molecule has 0 aromatic heterocycles. The summed E-state index contributed by atoms with van der Waals surface area (Å²) in [5.41, 5.74) is 0. The van der Waals surface area contributed by atoms with Crippen LogP contribution in [0.1, 0.15) is 322 Å². The van der Waals surface area contributed by atoms with Gasteiger partial charge in [-0.15, -0.1) is 0 Å². The van der Waals surface area contributed by atoms with Crippen molar-refractivity contribution in [1.82, 2.24) is 0 Å². The maximum Gasteiger partial charge on any atom is 0.361 e. The molecule has 0 aliphatic heterocycles. The van der Waals surface area contributed by atoms with E-state index in [0.29, 0.717) is 23.9 Å². The average molecular weight is 1350 g/mol. The standard InChI is InChI=1S/C88H147NO8/c1-6-8-10-12-14-16-18-20-22-24-26-28-30-32-34-36-38-40-42-43-45-46-48-50-52-54-56-58-60-62-64-66-68-70-72-74-76-78-85(90)95-82-84(83-96-88(87(92)93)94-81-80-89(3,4)5)97-86(91)79-77-75-73-71-69-67-65-63-61-59-57-55-53-51-49-47-44-41-39-37-35-33-31-29-27-25-23-21-19-17-15-13-11-9-7-2/h8-11,14-17,20-23,26-29,32-35,38-41,47,49,84,88H,6-7,12-13,18-19,24-25,30-31,36-37,42-46,48,50-83H2,1-5H3/p+1/b10-8-,11-9-,16-14-,17-15-,22-20-,23-21-,28-26-,29-27-,34-32-,35-33-,40-38-,41-39-,49-47-. The van der Waals surface area contributed by atoms with Crippen molar-refractivity contribution in [3.63, 3.8) is 0 Å². The third-order valence-electron chi connectivity index (χ3n) is 16.8. The third kappa shape index (κ3) is 78.1. The van der Waals surface area contributed by atoms with E-state index in [0.717, 1.165) is 122 Å². The Balaban J connectivity index is 4.06. The first-order valence-electron chi connectivity index (χ1n) is 39.6. The van der Waals surface area contributed by atoms with Crippen molar-refractivity contribution in [3.05, 3.63) is 158 Å². The van der Waals surface area contributed by atoms with E-state index in [-0.39, 0.29) is 32.2 Å². The molecule has 0 radical (unpaired) electrons. The molecule has 0 saturated heterocycles. The zero-order chi connectivity index (χ0) is 70.4. The van der Waals surface area contributed by atoms with Gasteiger partial charge in [0, 0.05) is 12.8 Å². The summed E-state index contributed by atoms with van der Waals surface area (Å²) in [7, 11) is 5.98. The van der Waals surface area contributed by atoms with Crippen LogP contribution in [0.3, 0.4) is 0 Å². The van der Waals surface area contributed by atoms with E-state index < -0.39 is 24.3 Å². The molecule has 0 rings (SSSR count). The SMILES string of the molecule is CC/C=C\C/C=C\C/C=C\C/C=C\C/C=C\C/C=C\C/C=C\CCCCCCCCCCCCCCCC(=O)OC(COC(=O)CCCCCCCCCCCCCCCCCCCC/C=C\C/C=C\C/C=C\C/C=C\C/C=C\C/C=C\CC)COC(OCC[N+](C)(C)C)C(=O)O. The summed E-state index contributed by atoms with van der Waals surface area (Å²) >= 11 is 0. The molecule has 0 spiro atoms. The van der Waals surface area contributed by atoms with Crippen molar-refractivity contribution in [3.8, 4) is 0 Å². The minimum Gasteiger partial charge on any atom is -0.477 e. The van der Waals surface area contributed by atoms with Crippen molar-refractivity contribution in [2.24, 2.45) is 0 Å². The third-order valence-corrected chi connectivity index (χ3v) is 16.8. The first-order valence-corrected chi connectivity index (χ1v) is 39.6. The van der Waals surface area contributed by atoms with Crippen LogP contribution in [0.5, 0.6) is 0 Å². The number of esters is 2. The molecule has 0 aliphatic rings. The lowest BCUT2D eigenvalue weighted by atomic mass is 10.0. The Bertz CT molecular complexity index is 2160. The van der Waals surface area contributed by atoms with Gasteiger partial charge in [-0.05, 0) is 122 Å². The topological polar surface area (TPSA) is 108 Å². The summed E-state index contributed by atoms with van der Waals surface area (Å²) < 4.78 is 23.0. The van der Waals surface area contributed by atoms with Gasteiger partial charge in [0.1, 0.15) is 13.2 Å². The number of carbonyl (C=O) groups excluding carboxylic acids is 2. The van der Waals surface area contributed by atoms with Gasteiger partial charge in [0.05, 0.1) is 34.4 Å². The number of nitrogens with zero attached hydrogens (tertiary/aromatic N) is 1. The number of allylic oxidation sites excluding steroid dienone is 26. The summed E-state index contributed by atoms with van der Waals surface area (Å²) in [5, 5.41) is 9.78. The molecule has 2 atom stereocenters. The van der Waals surface area contributed by atoms with E-state index in [4.69, 9.17) is 18.9 Å². The number of carboxylic acid groups (broad SMARTS) is 1. The molecule has 0 aromatic carbocycles. The predicted octanol–water partition coefficient (Wildman–Crippen LogP) is 25.6. The Hall–Kier alpha value is -5.09. The molecule has 0 fully saturated rings. The summed E-state index contributed by atoms with van der Waals surface area (Å²) in [6, 6.07) is 0. The highest BCUT2D eigenvalue weighted by molar-refractivity contribution is 5.71. The van der Waals surface area contributed by atoms with Gasteiger partial charge in [-0.3, -0.25) is 9.59 Å². The van der Waals surface area contributed by atoms with Crippen LogP contribution < -0.4 is 0 Å². The molecule has 552 valence electrons. The van der Waals surface area contributed by atoms with Crippen LogP contribution in [0.4, 0.5) is 0 Å². The molecule has 0 saturated carbocycles. The van der Waals surface area contributed by atoms with Crippen molar-refractivity contribution < 1.29 is 42.9 Å². The zero-order valence-electron chi connectivity index (χ0n) is 63.2. The minimum atomic E-state index is -1.52. The number of carbonyl (C=O) groups is 3. The van der Waals surface area contributed by atoms with Crippen molar-refractivity contribution in [2.75, 3.05) is 47.5 Å². The van der Waals surface area contributed by atoms with Gasteiger partial charge in [0.25, 0.3) is 6.29 Å². The number of quaternary nitrogens is 1. The molecule has 0 amide bonds. The van der Waals surface area contributed by atoms with Crippen molar-refractivity contribution >= 4 is 17.9 Å². The maximum atomic E-state index is 13.0. The lowest BCUT2D eigenvalue weighted by Gasteiger charge is -2.25. The van der Waals surface area contributed by atoms with E-state index in [1.807, 2.05) is 21.1 Å². The second kappa shape index (κ2) is 76.7. The Labute approximate surface area is 597 Å². The van der Waals surface area contributed by atoms with Gasteiger partial charge in [-0.25, -0.2) is 4.79 Å². The molecule has 2 unspecified atom stereocenters. The van der Waals surface area contributed by atoms with Crippen LogP contribution in [0, 0.1) is 0 Å². The molecule has 9 heteroatoms. The van der Waals surface area contributed by atoms with E-state index in [9.17, 15) is 19.5 Å². The summed E-state index contributed by atoms with van der Waals surface area (Å²) in [4.78, 5) is 37.8. The Morgan fingerprint density at radius 1 is 0.309 bits per heavy atom. The summed E-state index contributed by atoms with van der Waals surface area (Å²) in [6.07, 6.45) is 111. The van der Waals surface area contributed by atoms with Crippen molar-refractivity contribution in [1.29, 1.82) is 0 Å². The number of unbranched alkanes of at least 4 members (excludes halogenated alkanes) is 31. The Morgan fingerprint density at radius 2 is 0.557 bits per heavy atom. The second-order valence-corrected chi connectivity index (χ2v) is 27.3. The Morgan fingerprint density at radius 3 is 0.825 bits per heavy atom. The van der Waals surface area contributed by atoms with Gasteiger partial charge in [0.15, 0.2) is 6.10 Å². The average Bonchev–Trinajstić information content (AvgIpc) is 3.74. The Kier molecular flexibility index (Phi) is 72.6. The quantitative estimate of drug-likeness (QED) is 0.0211. The van der Waals surface area contributed by atoms with Crippen LogP contribution in [0.15, 0.2) is 158 Å². The van der Waals surface area contributed by atoms with Gasteiger partial charge >= 0.3 is 17.9 Å². The van der Waals surface area contributed by atoms with E-state index in [1.165, 1.54) is 167 Å². The van der Waals surface area contributed by atoms with E-state index >= 15 is 0 Å². The first-order chi connectivity index (χ1) is 47.6. The molecule has 1 N–H and O–H groups in total. The number of ether oxygens (including phenoxy) is 4. The van der Waals surface area contributed by atoms with Gasteiger partial charge in [0.2, 0.25) is 0 Å². The summed E-state index contributed by atoms with van der Waals surface area (Å²) in [6.45, 7) is 4.67. The number of aliphatic carboxylic acids is 1. The first kappa shape index (κ1) is 91.9. The molecule has 0 heterocycles. The van der Waals surface area contributed by atoms with Gasteiger partial charge in [-0.1, -0.05) is 345 Å². The maximum absolute atomic E-state index is 13.0. The molecule has 9 nitrogen and oxygen atoms in total. The zero-order valence-corrected chi connectivity index (χ0v) is 63.2. The van der Waals surface area contributed by atoms with Gasteiger partial charge in [-0.2, -0.15) is 0 Å². The highest BCUT2D eigenvalue weighted by Crippen LogP contribution is 2.18. The van der Waals surface area contributed by atoms with Crippen molar-refractivity contribution in [2.45, 2.75) is 334 Å². The lowest BCUT2D eigenvalue weighted by molar-refractivity contribution is -0.870. The normalized spacial score (nSPS) is 13.5. The predicted molar refractivity (Wildman–Crippen MR) is 419 cm³/mol. The number of hydrogen-bond donors (Lipinski definition) is 1. The second-order valence-electron chi connectivity index (χ2n) is 27.3. The number of carboxylic acids is 1. The molecular formula is C88H148NO8+. The lowest BCUT2D eigenvalue weighted by Crippen LogP contribution is -2.40.